The monoisotopic (exact) mass is 184 g/mol. The third-order valence-corrected chi connectivity index (χ3v) is 2.47. The van der Waals surface area contributed by atoms with Gasteiger partial charge < -0.3 is 9.47 Å². The van der Waals surface area contributed by atoms with Gasteiger partial charge in [-0.2, -0.15) is 0 Å². The van der Waals surface area contributed by atoms with Crippen LogP contribution >= 0.6 is 12.2 Å². The molecule has 2 rings (SSSR count). The fraction of sp³-hybridized carbons (Fsp3) is 0.667. The largest absolute Gasteiger partial charge is 0.449 e. The van der Waals surface area contributed by atoms with Crippen molar-refractivity contribution < 1.29 is 9.47 Å². The first-order valence-electron chi connectivity index (χ1n) is 4.40. The molecule has 1 aliphatic heterocycles. The molecule has 66 valence electrons. The van der Waals surface area contributed by atoms with Crippen LogP contribution in [-0.2, 0) is 9.47 Å². The Bertz CT molecular complexity index is 213. The normalized spacial score (nSPS) is 37.2. The average molecular weight is 184 g/mol. The molecular weight excluding hydrogens is 172 g/mol. The van der Waals surface area contributed by atoms with E-state index >= 15 is 0 Å². The molecule has 0 bridgehead atoms. The topological polar surface area (TPSA) is 18.5 Å². The summed E-state index contributed by atoms with van der Waals surface area (Å²) in [4.78, 5) is 0. The second-order valence-electron chi connectivity index (χ2n) is 3.20. The molecule has 0 aromatic carbocycles. The maximum atomic E-state index is 5.36. The van der Waals surface area contributed by atoms with Crippen LogP contribution in [-0.4, -0.2) is 17.4 Å². The molecule has 0 amide bonds. The van der Waals surface area contributed by atoms with Crippen molar-refractivity contribution in [3.63, 3.8) is 0 Å². The van der Waals surface area contributed by atoms with Crippen LogP contribution in [0.15, 0.2) is 12.2 Å². The van der Waals surface area contributed by atoms with E-state index in [9.17, 15) is 0 Å². The standard InChI is InChI=1S/C9H12O2S/c12-9-10-7-5-3-1-2-4-6-8(7)11-9/h3,5,7-8H,1-2,4,6H2/b5-3-. The lowest BCUT2D eigenvalue weighted by atomic mass is 10.0. The number of rotatable bonds is 0. The summed E-state index contributed by atoms with van der Waals surface area (Å²) in [5, 5.41) is 0.316. The Kier molecular flexibility index (Phi) is 2.30. The summed E-state index contributed by atoms with van der Waals surface area (Å²) in [6.07, 6.45) is 9.16. The second kappa shape index (κ2) is 3.44. The molecule has 2 atom stereocenters. The third-order valence-electron chi connectivity index (χ3n) is 2.28. The predicted octanol–water partition coefficient (Wildman–Crippen LogP) is 2.19. The number of thiocarbonyl (C=S) groups is 1. The van der Waals surface area contributed by atoms with E-state index in [1.54, 1.807) is 0 Å². The molecule has 1 heterocycles. The Labute approximate surface area is 77.5 Å². The number of hydrogen-bond donors (Lipinski definition) is 0. The van der Waals surface area contributed by atoms with E-state index in [0.717, 1.165) is 12.8 Å². The van der Waals surface area contributed by atoms with Crippen molar-refractivity contribution in [2.75, 3.05) is 0 Å². The van der Waals surface area contributed by atoms with Gasteiger partial charge in [0.15, 0.2) is 6.10 Å². The van der Waals surface area contributed by atoms with Gasteiger partial charge in [0.25, 0.3) is 0 Å². The molecule has 3 heteroatoms. The van der Waals surface area contributed by atoms with Crippen molar-refractivity contribution >= 4 is 17.5 Å². The maximum Gasteiger partial charge on any atom is 0.353 e. The highest BCUT2D eigenvalue weighted by Gasteiger charge is 2.32. The van der Waals surface area contributed by atoms with Crippen LogP contribution in [0.1, 0.15) is 25.7 Å². The van der Waals surface area contributed by atoms with Crippen molar-refractivity contribution in [1.82, 2.24) is 0 Å². The van der Waals surface area contributed by atoms with Gasteiger partial charge in [-0.1, -0.05) is 6.08 Å². The van der Waals surface area contributed by atoms with Gasteiger partial charge in [0.05, 0.1) is 0 Å². The van der Waals surface area contributed by atoms with Crippen molar-refractivity contribution in [2.24, 2.45) is 0 Å². The highest BCUT2D eigenvalue weighted by atomic mass is 32.1. The lowest BCUT2D eigenvalue weighted by molar-refractivity contribution is 0.174. The van der Waals surface area contributed by atoms with Gasteiger partial charge in [-0.15, -0.1) is 0 Å². The van der Waals surface area contributed by atoms with Crippen molar-refractivity contribution in [1.29, 1.82) is 0 Å². The minimum Gasteiger partial charge on any atom is -0.449 e. The Balaban J connectivity index is 2.07. The van der Waals surface area contributed by atoms with E-state index in [4.69, 9.17) is 21.7 Å². The fourth-order valence-electron chi connectivity index (χ4n) is 1.63. The first-order chi connectivity index (χ1) is 5.86. The highest BCUT2D eigenvalue weighted by molar-refractivity contribution is 7.79. The minimum absolute atomic E-state index is 0.0813. The molecule has 0 spiro atoms. The molecule has 1 saturated heterocycles. The molecule has 2 unspecified atom stereocenters. The maximum absolute atomic E-state index is 5.36. The number of hydrogen-bond acceptors (Lipinski definition) is 3. The lowest BCUT2D eigenvalue weighted by Crippen LogP contribution is -2.20. The predicted molar refractivity (Wildman–Crippen MR) is 50.0 cm³/mol. The molecule has 0 aromatic heterocycles. The molecular formula is C9H12O2S. The quantitative estimate of drug-likeness (QED) is 0.424. The van der Waals surface area contributed by atoms with Gasteiger partial charge in [0.1, 0.15) is 6.10 Å². The summed E-state index contributed by atoms with van der Waals surface area (Å²) in [5.41, 5.74) is 0. The number of allylic oxidation sites excluding steroid dienone is 1. The molecule has 0 radical (unpaired) electrons. The van der Waals surface area contributed by atoms with Crippen molar-refractivity contribution in [3.8, 4) is 0 Å². The summed E-state index contributed by atoms with van der Waals surface area (Å²) in [5.74, 6) is 0. The number of fused-ring (bicyclic) bond motifs is 1. The van der Waals surface area contributed by atoms with Gasteiger partial charge in [-0.25, -0.2) is 0 Å². The van der Waals surface area contributed by atoms with E-state index in [1.807, 2.05) is 0 Å². The van der Waals surface area contributed by atoms with Crippen molar-refractivity contribution in [3.05, 3.63) is 12.2 Å². The van der Waals surface area contributed by atoms with Gasteiger partial charge in [-0.3, -0.25) is 0 Å². The SMILES string of the molecule is S=C1OC2/C=C\CCCCC2O1. The summed E-state index contributed by atoms with van der Waals surface area (Å²) in [6, 6.07) is 0. The first kappa shape index (κ1) is 8.05. The van der Waals surface area contributed by atoms with E-state index in [2.05, 4.69) is 12.2 Å². The number of ether oxygens (including phenoxy) is 2. The third kappa shape index (κ3) is 1.61. The molecule has 2 aliphatic rings. The summed E-state index contributed by atoms with van der Waals surface area (Å²) in [7, 11) is 0. The fourth-order valence-corrected chi connectivity index (χ4v) is 1.86. The summed E-state index contributed by atoms with van der Waals surface area (Å²) in [6.45, 7) is 0. The zero-order valence-electron chi connectivity index (χ0n) is 6.86. The zero-order chi connectivity index (χ0) is 8.39. The van der Waals surface area contributed by atoms with E-state index in [0.29, 0.717) is 5.24 Å². The van der Waals surface area contributed by atoms with Crippen molar-refractivity contribution in [2.45, 2.75) is 37.9 Å². The van der Waals surface area contributed by atoms with Crippen LogP contribution in [0.3, 0.4) is 0 Å². The Morgan fingerprint density at radius 2 is 2.25 bits per heavy atom. The van der Waals surface area contributed by atoms with Gasteiger partial charge in [-0.05, 0) is 31.8 Å². The first-order valence-corrected chi connectivity index (χ1v) is 4.81. The van der Waals surface area contributed by atoms with Crippen LogP contribution < -0.4 is 0 Å². The highest BCUT2D eigenvalue weighted by Crippen LogP contribution is 2.23. The molecule has 1 fully saturated rings. The van der Waals surface area contributed by atoms with Crippen LogP contribution in [0.2, 0.25) is 0 Å². The second-order valence-corrected chi connectivity index (χ2v) is 3.53. The van der Waals surface area contributed by atoms with Gasteiger partial charge in [0.2, 0.25) is 0 Å². The molecule has 0 saturated carbocycles. The molecule has 1 aliphatic carbocycles. The zero-order valence-corrected chi connectivity index (χ0v) is 7.68. The Morgan fingerprint density at radius 3 is 3.17 bits per heavy atom. The average Bonchev–Trinajstić information content (AvgIpc) is 2.32. The smallest absolute Gasteiger partial charge is 0.353 e. The van der Waals surface area contributed by atoms with E-state index in [-0.39, 0.29) is 12.2 Å². The molecule has 0 N–H and O–H groups in total. The molecule has 12 heavy (non-hydrogen) atoms. The van der Waals surface area contributed by atoms with Crippen LogP contribution in [0, 0.1) is 0 Å². The van der Waals surface area contributed by atoms with E-state index < -0.39 is 0 Å². The van der Waals surface area contributed by atoms with Crippen LogP contribution in [0.25, 0.3) is 0 Å². The minimum atomic E-state index is 0.0813. The molecule has 2 nitrogen and oxygen atoms in total. The molecule has 0 aromatic rings. The summed E-state index contributed by atoms with van der Waals surface area (Å²) >= 11 is 4.84. The lowest BCUT2D eigenvalue weighted by Gasteiger charge is -2.13. The summed E-state index contributed by atoms with van der Waals surface area (Å²) < 4.78 is 10.7. The van der Waals surface area contributed by atoms with Gasteiger partial charge in [0, 0.05) is 12.2 Å². The van der Waals surface area contributed by atoms with Crippen LogP contribution in [0.4, 0.5) is 0 Å². The Morgan fingerprint density at radius 1 is 1.33 bits per heavy atom. The van der Waals surface area contributed by atoms with Crippen LogP contribution in [0.5, 0.6) is 0 Å². The van der Waals surface area contributed by atoms with Gasteiger partial charge >= 0.3 is 5.24 Å². The van der Waals surface area contributed by atoms with E-state index in [1.165, 1.54) is 12.8 Å². The Hall–Kier alpha value is -0.570.